The molecule has 0 aromatic rings. The van der Waals surface area contributed by atoms with Crippen LogP contribution in [0, 0.1) is 0 Å². The summed E-state index contributed by atoms with van der Waals surface area (Å²) >= 11 is 0. The summed E-state index contributed by atoms with van der Waals surface area (Å²) in [6.07, 6.45) is 0.846. The summed E-state index contributed by atoms with van der Waals surface area (Å²) in [7, 11) is -0.0932. The van der Waals surface area contributed by atoms with E-state index in [-0.39, 0.29) is 0 Å². The Hall–Kier alpha value is -0.390. The Bertz CT molecular complexity index is 344. The van der Waals surface area contributed by atoms with E-state index >= 15 is 0 Å². The third-order valence-electron chi connectivity index (χ3n) is 2.67. The molecular weight excluding hydrogens is 200 g/mol. The normalized spacial score (nSPS) is 20.6. The van der Waals surface area contributed by atoms with E-state index in [9.17, 15) is 8.42 Å². The molecule has 1 heterocycles. The fourth-order valence-corrected chi connectivity index (χ4v) is 2.55. The summed E-state index contributed by atoms with van der Waals surface area (Å²) in [5.74, 6) is 0. The smallest absolute Gasteiger partial charge is 0.195 e. The summed E-state index contributed by atoms with van der Waals surface area (Å²) in [5, 5.41) is 0. The monoisotopic (exact) mass is 218 g/mol. The van der Waals surface area contributed by atoms with Crippen LogP contribution in [0.25, 0.3) is 0 Å². The Morgan fingerprint density at radius 3 is 2.21 bits per heavy atom. The molecule has 5 heteroatoms. The molecule has 0 aromatic heterocycles. The van der Waals surface area contributed by atoms with Crippen molar-refractivity contribution in [1.29, 1.82) is 0 Å². The Labute approximate surface area is 86.4 Å². The van der Waals surface area contributed by atoms with Crippen LogP contribution < -0.4 is 0 Å². The SMILES string of the molecule is CC1=C(C)CN(S(=O)(=O)N(C)C)CC1. The van der Waals surface area contributed by atoms with Crippen molar-refractivity contribution in [2.75, 3.05) is 27.2 Å². The maximum Gasteiger partial charge on any atom is 0.281 e. The zero-order valence-corrected chi connectivity index (χ0v) is 10.1. The highest BCUT2D eigenvalue weighted by molar-refractivity contribution is 7.86. The second-order valence-corrected chi connectivity index (χ2v) is 6.08. The van der Waals surface area contributed by atoms with Gasteiger partial charge in [-0.25, -0.2) is 0 Å². The topological polar surface area (TPSA) is 40.6 Å². The molecule has 0 amide bonds. The molecule has 0 fully saturated rings. The maximum atomic E-state index is 11.8. The summed E-state index contributed by atoms with van der Waals surface area (Å²) < 4.78 is 26.3. The van der Waals surface area contributed by atoms with Crippen LogP contribution in [-0.2, 0) is 10.2 Å². The predicted molar refractivity (Wildman–Crippen MR) is 57.2 cm³/mol. The Morgan fingerprint density at radius 2 is 1.79 bits per heavy atom. The first-order valence-electron chi connectivity index (χ1n) is 4.68. The number of nitrogens with zero attached hydrogens (tertiary/aromatic N) is 2. The van der Waals surface area contributed by atoms with Gasteiger partial charge in [0.15, 0.2) is 0 Å². The zero-order valence-electron chi connectivity index (χ0n) is 9.24. The van der Waals surface area contributed by atoms with Crippen molar-refractivity contribution >= 4 is 10.2 Å². The average molecular weight is 218 g/mol. The van der Waals surface area contributed by atoms with Crippen LogP contribution in [0.2, 0.25) is 0 Å². The van der Waals surface area contributed by atoms with Gasteiger partial charge in [0, 0.05) is 27.2 Å². The molecule has 0 spiro atoms. The summed E-state index contributed by atoms with van der Waals surface area (Å²) in [6, 6.07) is 0. The second kappa shape index (κ2) is 4.00. The third-order valence-corrected chi connectivity index (χ3v) is 4.55. The molecule has 0 bridgehead atoms. The van der Waals surface area contributed by atoms with Gasteiger partial charge in [-0.1, -0.05) is 11.1 Å². The highest BCUT2D eigenvalue weighted by atomic mass is 32.2. The fraction of sp³-hybridized carbons (Fsp3) is 0.778. The zero-order chi connectivity index (χ0) is 10.9. The van der Waals surface area contributed by atoms with E-state index in [0.29, 0.717) is 13.1 Å². The Kier molecular flexibility index (Phi) is 3.34. The van der Waals surface area contributed by atoms with E-state index in [1.54, 1.807) is 14.1 Å². The predicted octanol–water partition coefficient (Wildman–Crippen LogP) is 0.835. The first-order chi connectivity index (χ1) is 6.35. The van der Waals surface area contributed by atoms with Gasteiger partial charge in [-0.3, -0.25) is 0 Å². The van der Waals surface area contributed by atoms with E-state index in [0.717, 1.165) is 6.42 Å². The minimum Gasteiger partial charge on any atom is -0.195 e. The molecule has 0 saturated heterocycles. The van der Waals surface area contributed by atoms with E-state index in [1.807, 2.05) is 6.92 Å². The highest BCUT2D eigenvalue weighted by Gasteiger charge is 2.27. The number of hydrogen-bond acceptors (Lipinski definition) is 2. The largest absolute Gasteiger partial charge is 0.281 e. The van der Waals surface area contributed by atoms with Gasteiger partial charge >= 0.3 is 0 Å². The maximum absolute atomic E-state index is 11.8. The van der Waals surface area contributed by atoms with Crippen molar-refractivity contribution in [3.8, 4) is 0 Å². The molecule has 1 aliphatic heterocycles. The third kappa shape index (κ3) is 2.16. The van der Waals surface area contributed by atoms with Crippen LogP contribution in [0.15, 0.2) is 11.1 Å². The van der Waals surface area contributed by atoms with E-state index < -0.39 is 10.2 Å². The quantitative estimate of drug-likeness (QED) is 0.644. The first kappa shape index (κ1) is 11.7. The lowest BCUT2D eigenvalue weighted by Gasteiger charge is -2.29. The van der Waals surface area contributed by atoms with E-state index in [4.69, 9.17) is 0 Å². The van der Waals surface area contributed by atoms with Gasteiger partial charge in [0.05, 0.1) is 0 Å². The van der Waals surface area contributed by atoms with Gasteiger partial charge < -0.3 is 0 Å². The minimum atomic E-state index is -3.22. The summed E-state index contributed by atoms with van der Waals surface area (Å²) in [4.78, 5) is 0. The lowest BCUT2D eigenvalue weighted by molar-refractivity contribution is 0.382. The molecule has 82 valence electrons. The number of hydrogen-bond donors (Lipinski definition) is 0. The molecular formula is C9H18N2O2S. The first-order valence-corrected chi connectivity index (χ1v) is 6.08. The van der Waals surface area contributed by atoms with Gasteiger partial charge in [0.1, 0.15) is 0 Å². The van der Waals surface area contributed by atoms with E-state index in [2.05, 4.69) is 6.92 Å². The van der Waals surface area contributed by atoms with Crippen molar-refractivity contribution in [3.05, 3.63) is 11.1 Å². The molecule has 0 radical (unpaired) electrons. The molecule has 0 saturated carbocycles. The standard InChI is InChI=1S/C9H18N2O2S/c1-8-5-6-11(7-9(8)2)14(12,13)10(3)4/h5-7H2,1-4H3. The molecule has 4 nitrogen and oxygen atoms in total. The van der Waals surface area contributed by atoms with Gasteiger partial charge in [-0.15, -0.1) is 0 Å². The molecule has 0 atom stereocenters. The van der Waals surface area contributed by atoms with Crippen molar-refractivity contribution in [3.63, 3.8) is 0 Å². The van der Waals surface area contributed by atoms with Crippen molar-refractivity contribution < 1.29 is 8.42 Å². The molecule has 0 aromatic carbocycles. The second-order valence-electron chi connectivity index (χ2n) is 3.93. The van der Waals surface area contributed by atoms with Crippen molar-refractivity contribution in [1.82, 2.24) is 8.61 Å². The van der Waals surface area contributed by atoms with E-state index in [1.165, 1.54) is 19.8 Å². The Morgan fingerprint density at radius 1 is 1.21 bits per heavy atom. The molecule has 1 aliphatic rings. The highest BCUT2D eigenvalue weighted by Crippen LogP contribution is 2.19. The van der Waals surface area contributed by atoms with Crippen molar-refractivity contribution in [2.24, 2.45) is 0 Å². The van der Waals surface area contributed by atoms with Crippen LogP contribution in [0.1, 0.15) is 20.3 Å². The summed E-state index contributed by atoms with van der Waals surface area (Å²) in [5.41, 5.74) is 2.48. The lowest BCUT2D eigenvalue weighted by Crippen LogP contribution is -2.43. The fourth-order valence-electron chi connectivity index (χ4n) is 1.41. The van der Waals surface area contributed by atoms with Crippen LogP contribution in [0.4, 0.5) is 0 Å². The molecule has 0 N–H and O–H groups in total. The summed E-state index contributed by atoms with van der Waals surface area (Å²) in [6.45, 7) is 5.19. The Balaban J connectivity index is 2.86. The van der Waals surface area contributed by atoms with Gasteiger partial charge in [0.25, 0.3) is 10.2 Å². The van der Waals surface area contributed by atoms with Crippen LogP contribution in [-0.4, -0.2) is 44.2 Å². The van der Waals surface area contributed by atoms with Gasteiger partial charge in [-0.05, 0) is 20.3 Å². The molecule has 0 unspecified atom stereocenters. The average Bonchev–Trinajstić information content (AvgIpc) is 2.09. The number of rotatable bonds is 2. The van der Waals surface area contributed by atoms with Gasteiger partial charge in [-0.2, -0.15) is 17.0 Å². The van der Waals surface area contributed by atoms with Crippen LogP contribution in [0.3, 0.4) is 0 Å². The van der Waals surface area contributed by atoms with Crippen molar-refractivity contribution in [2.45, 2.75) is 20.3 Å². The van der Waals surface area contributed by atoms with Crippen LogP contribution in [0.5, 0.6) is 0 Å². The van der Waals surface area contributed by atoms with Crippen LogP contribution >= 0.6 is 0 Å². The van der Waals surface area contributed by atoms with Gasteiger partial charge in [0.2, 0.25) is 0 Å². The lowest BCUT2D eigenvalue weighted by atomic mass is 10.1. The minimum absolute atomic E-state index is 0.534. The molecule has 1 rings (SSSR count). The molecule has 0 aliphatic carbocycles. The molecule has 14 heavy (non-hydrogen) atoms.